The lowest BCUT2D eigenvalue weighted by atomic mass is 10.0. The van der Waals surface area contributed by atoms with Gasteiger partial charge in [0.2, 0.25) is 0 Å². The number of hydrogen-bond donors (Lipinski definition) is 2. The van der Waals surface area contributed by atoms with Gasteiger partial charge in [-0.3, -0.25) is 4.99 Å². The van der Waals surface area contributed by atoms with Gasteiger partial charge in [0.15, 0.2) is 23.3 Å². The smallest absolute Gasteiger partial charge is 0.198 e. The van der Waals surface area contributed by atoms with Crippen molar-refractivity contribution in [1.29, 1.82) is 0 Å². The third-order valence-corrected chi connectivity index (χ3v) is 4.77. The molecule has 8 heteroatoms. The second-order valence-electron chi connectivity index (χ2n) is 6.73. The van der Waals surface area contributed by atoms with Gasteiger partial charge in [0.05, 0.1) is 24.6 Å². The van der Waals surface area contributed by atoms with Crippen molar-refractivity contribution in [2.45, 2.75) is 19.4 Å². The molecule has 146 valence electrons. The molecule has 0 fully saturated rings. The first kappa shape index (κ1) is 18.4. The molecule has 1 aliphatic heterocycles. The lowest BCUT2D eigenvalue weighted by Crippen LogP contribution is -2.32. The Morgan fingerprint density at radius 3 is 2.79 bits per heavy atom. The molecule has 1 aliphatic rings. The number of H-pyrrole nitrogens is 1. The summed E-state index contributed by atoms with van der Waals surface area (Å²) in [4.78, 5) is 11.4. The topological polar surface area (TPSA) is 79.7 Å². The van der Waals surface area contributed by atoms with Crippen molar-refractivity contribution in [3.63, 3.8) is 0 Å². The van der Waals surface area contributed by atoms with Crippen molar-refractivity contribution < 1.29 is 23.4 Å². The van der Waals surface area contributed by atoms with Crippen LogP contribution in [-0.4, -0.2) is 40.2 Å². The maximum absolute atomic E-state index is 14.6. The summed E-state index contributed by atoms with van der Waals surface area (Å²) < 4.78 is 40.1. The molecule has 4 rings (SSSR count). The molecular weight excluding hydrogens is 368 g/mol. The number of benzene rings is 1. The highest BCUT2D eigenvalue weighted by molar-refractivity contribution is 5.82. The van der Waals surface area contributed by atoms with Crippen LogP contribution in [0.2, 0.25) is 0 Å². The standard InChI is InChI=1S/C20H19F2N3O3/c1-11-13(9-26)10-27-18(25-11)8-12-6-15(21)19(16(22)7-12)28-17-3-5-24-20-14(17)2-4-23-20/h2-7,11,13,26H,8-10H2,1H3,(H,23,24). The van der Waals surface area contributed by atoms with Gasteiger partial charge in [0.1, 0.15) is 11.4 Å². The number of fused-ring (bicyclic) bond motifs is 1. The number of halogens is 2. The highest BCUT2D eigenvalue weighted by Crippen LogP contribution is 2.32. The van der Waals surface area contributed by atoms with Gasteiger partial charge >= 0.3 is 0 Å². The molecule has 0 amide bonds. The van der Waals surface area contributed by atoms with E-state index >= 15 is 0 Å². The van der Waals surface area contributed by atoms with Crippen LogP contribution in [0.25, 0.3) is 11.0 Å². The third kappa shape index (κ3) is 3.55. The van der Waals surface area contributed by atoms with Gasteiger partial charge in [-0.05, 0) is 36.8 Å². The van der Waals surface area contributed by atoms with E-state index < -0.39 is 17.4 Å². The largest absolute Gasteiger partial charge is 0.480 e. The molecule has 0 aliphatic carbocycles. The lowest BCUT2D eigenvalue weighted by molar-refractivity contribution is 0.123. The number of hydrogen-bond acceptors (Lipinski definition) is 5. The van der Waals surface area contributed by atoms with E-state index in [1.54, 1.807) is 18.3 Å². The van der Waals surface area contributed by atoms with Crippen molar-refractivity contribution >= 4 is 16.9 Å². The number of nitrogens with one attached hydrogen (secondary N) is 1. The molecule has 0 spiro atoms. The zero-order chi connectivity index (χ0) is 19.7. The number of aliphatic hydroxyl groups excluding tert-OH is 1. The maximum Gasteiger partial charge on any atom is 0.198 e. The molecule has 3 aromatic rings. The molecule has 2 N–H and O–H groups in total. The third-order valence-electron chi connectivity index (χ3n) is 4.77. The Morgan fingerprint density at radius 1 is 1.29 bits per heavy atom. The summed E-state index contributed by atoms with van der Waals surface area (Å²) in [7, 11) is 0. The van der Waals surface area contributed by atoms with E-state index in [9.17, 15) is 13.9 Å². The van der Waals surface area contributed by atoms with E-state index in [0.29, 0.717) is 34.9 Å². The summed E-state index contributed by atoms with van der Waals surface area (Å²) >= 11 is 0. The first-order valence-corrected chi connectivity index (χ1v) is 8.93. The molecule has 2 unspecified atom stereocenters. The molecule has 2 atom stereocenters. The SMILES string of the molecule is CC1N=C(Cc2cc(F)c(Oc3ccnc4[nH]ccc34)c(F)c2)OCC1CO. The second kappa shape index (κ2) is 7.55. The van der Waals surface area contributed by atoms with Crippen LogP contribution < -0.4 is 4.74 Å². The minimum Gasteiger partial charge on any atom is -0.480 e. The van der Waals surface area contributed by atoms with E-state index in [-0.39, 0.29) is 25.0 Å². The first-order chi connectivity index (χ1) is 13.5. The van der Waals surface area contributed by atoms with Crippen LogP contribution in [0.15, 0.2) is 41.7 Å². The minimum atomic E-state index is -0.812. The van der Waals surface area contributed by atoms with Crippen LogP contribution in [0, 0.1) is 17.6 Å². The number of pyridine rings is 1. The van der Waals surface area contributed by atoms with Crippen LogP contribution >= 0.6 is 0 Å². The van der Waals surface area contributed by atoms with E-state index in [0.717, 1.165) is 0 Å². The number of ether oxygens (including phenoxy) is 2. The van der Waals surface area contributed by atoms with Gasteiger partial charge in [0, 0.05) is 24.7 Å². The van der Waals surface area contributed by atoms with Crippen molar-refractivity contribution in [2.24, 2.45) is 10.9 Å². The average molecular weight is 387 g/mol. The second-order valence-corrected chi connectivity index (χ2v) is 6.73. The Hall–Kier alpha value is -3.00. The normalized spacial score (nSPS) is 19.4. The first-order valence-electron chi connectivity index (χ1n) is 8.93. The number of aromatic nitrogens is 2. The quantitative estimate of drug-likeness (QED) is 0.701. The number of aliphatic hydroxyl groups is 1. The molecule has 3 heterocycles. The Kier molecular flexibility index (Phi) is 4.95. The zero-order valence-corrected chi connectivity index (χ0v) is 15.2. The molecule has 0 bridgehead atoms. The highest BCUT2D eigenvalue weighted by atomic mass is 19.1. The summed E-state index contributed by atoms with van der Waals surface area (Å²) in [6.45, 7) is 2.19. The fourth-order valence-electron chi connectivity index (χ4n) is 3.14. The van der Waals surface area contributed by atoms with Gasteiger partial charge in [-0.15, -0.1) is 0 Å². The highest BCUT2D eigenvalue weighted by Gasteiger charge is 2.24. The number of nitrogens with zero attached hydrogens (tertiary/aromatic N) is 2. The Labute approximate surface area is 159 Å². The molecule has 0 saturated heterocycles. The monoisotopic (exact) mass is 387 g/mol. The minimum absolute atomic E-state index is 0.0172. The summed E-state index contributed by atoms with van der Waals surface area (Å²) in [6, 6.07) is 5.58. The van der Waals surface area contributed by atoms with E-state index in [1.165, 1.54) is 18.3 Å². The zero-order valence-electron chi connectivity index (χ0n) is 15.2. The van der Waals surface area contributed by atoms with Crippen LogP contribution in [-0.2, 0) is 11.2 Å². The summed E-state index contributed by atoms with van der Waals surface area (Å²) in [6.07, 6.45) is 3.33. The van der Waals surface area contributed by atoms with Crippen LogP contribution in [0.1, 0.15) is 12.5 Å². The van der Waals surface area contributed by atoms with Gasteiger partial charge < -0.3 is 19.6 Å². The molecule has 0 radical (unpaired) electrons. The van der Waals surface area contributed by atoms with Gasteiger partial charge in [-0.2, -0.15) is 0 Å². The van der Waals surface area contributed by atoms with E-state index in [2.05, 4.69) is 15.0 Å². The molecule has 6 nitrogen and oxygen atoms in total. The number of rotatable bonds is 5. The predicted octanol–water partition coefficient (Wildman–Crippen LogP) is 3.60. The number of aliphatic imine (C=N–C) groups is 1. The lowest BCUT2D eigenvalue weighted by Gasteiger charge is -2.26. The summed E-state index contributed by atoms with van der Waals surface area (Å²) in [5.41, 5.74) is 0.954. The van der Waals surface area contributed by atoms with Gasteiger partial charge in [-0.1, -0.05) is 0 Å². The van der Waals surface area contributed by atoms with Crippen molar-refractivity contribution in [3.8, 4) is 11.5 Å². The molecule has 0 saturated carbocycles. The van der Waals surface area contributed by atoms with E-state index in [1.807, 2.05) is 6.92 Å². The van der Waals surface area contributed by atoms with E-state index in [4.69, 9.17) is 9.47 Å². The van der Waals surface area contributed by atoms with Crippen LogP contribution in [0.5, 0.6) is 11.5 Å². The predicted molar refractivity (Wildman–Crippen MR) is 99.7 cm³/mol. The molecule has 2 aromatic heterocycles. The maximum atomic E-state index is 14.6. The van der Waals surface area contributed by atoms with Crippen molar-refractivity contribution in [3.05, 3.63) is 53.9 Å². The van der Waals surface area contributed by atoms with Crippen molar-refractivity contribution in [1.82, 2.24) is 9.97 Å². The number of aromatic amines is 1. The summed E-state index contributed by atoms with van der Waals surface area (Å²) in [5, 5.41) is 9.87. The van der Waals surface area contributed by atoms with Crippen LogP contribution in [0.4, 0.5) is 8.78 Å². The van der Waals surface area contributed by atoms with Crippen LogP contribution in [0.3, 0.4) is 0 Å². The Morgan fingerprint density at radius 2 is 2.07 bits per heavy atom. The molecule has 28 heavy (non-hydrogen) atoms. The fraction of sp³-hybridized carbons (Fsp3) is 0.300. The van der Waals surface area contributed by atoms with Gasteiger partial charge in [-0.25, -0.2) is 13.8 Å². The Bertz CT molecular complexity index is 1010. The van der Waals surface area contributed by atoms with Gasteiger partial charge in [0.25, 0.3) is 0 Å². The molecular formula is C20H19F2N3O3. The molecule has 1 aromatic carbocycles. The van der Waals surface area contributed by atoms with Crippen molar-refractivity contribution in [2.75, 3.05) is 13.2 Å². The average Bonchev–Trinajstić information content (AvgIpc) is 3.14. The Balaban J connectivity index is 1.56. The summed E-state index contributed by atoms with van der Waals surface area (Å²) in [5.74, 6) is -1.47. The fourth-order valence-corrected chi connectivity index (χ4v) is 3.14.